The number of hydrogen-bond acceptors (Lipinski definition) is 3. The minimum atomic E-state index is 0.727. The monoisotopic (exact) mass is 113 g/mol. The van der Waals surface area contributed by atoms with E-state index in [0.717, 1.165) is 19.6 Å². The molecule has 0 aliphatic carbocycles. The van der Waals surface area contributed by atoms with Crippen molar-refractivity contribution in [2.24, 2.45) is 0 Å². The van der Waals surface area contributed by atoms with Crippen molar-refractivity contribution in [1.29, 1.82) is 5.26 Å². The third-order valence-corrected chi connectivity index (χ3v) is 0.756. The van der Waals surface area contributed by atoms with E-state index in [1.165, 1.54) is 0 Å². The van der Waals surface area contributed by atoms with E-state index in [0.29, 0.717) is 0 Å². The van der Waals surface area contributed by atoms with Gasteiger partial charge in [-0.1, -0.05) is 6.92 Å². The molecule has 0 rings (SSSR count). The van der Waals surface area contributed by atoms with E-state index in [-0.39, 0.29) is 0 Å². The van der Waals surface area contributed by atoms with Crippen LogP contribution in [0.25, 0.3) is 0 Å². The summed E-state index contributed by atoms with van der Waals surface area (Å²) in [7, 11) is 0. The Morgan fingerprint density at radius 1 is 1.50 bits per heavy atom. The molecular formula is C5H11N3. The van der Waals surface area contributed by atoms with Gasteiger partial charge in [0.15, 0.2) is 6.19 Å². The first kappa shape index (κ1) is 7.25. The summed E-state index contributed by atoms with van der Waals surface area (Å²) in [6.07, 6.45) is 1.84. The molecular weight excluding hydrogens is 102 g/mol. The van der Waals surface area contributed by atoms with Gasteiger partial charge in [-0.3, -0.25) is 0 Å². The molecule has 0 heterocycles. The molecule has 0 aromatic carbocycles. The molecule has 0 spiro atoms. The van der Waals surface area contributed by atoms with Crippen LogP contribution in [0.4, 0.5) is 0 Å². The van der Waals surface area contributed by atoms with Crippen molar-refractivity contribution >= 4 is 0 Å². The van der Waals surface area contributed by atoms with Gasteiger partial charge in [0.1, 0.15) is 0 Å². The molecule has 0 aromatic heterocycles. The van der Waals surface area contributed by atoms with Gasteiger partial charge < -0.3 is 10.6 Å². The van der Waals surface area contributed by atoms with Gasteiger partial charge in [-0.05, 0) is 6.54 Å². The average molecular weight is 113 g/mol. The van der Waals surface area contributed by atoms with Crippen LogP contribution in [0.15, 0.2) is 0 Å². The van der Waals surface area contributed by atoms with Crippen molar-refractivity contribution in [3.63, 3.8) is 0 Å². The zero-order valence-electron chi connectivity index (χ0n) is 5.07. The maximum Gasteiger partial charge on any atom is 0.176 e. The van der Waals surface area contributed by atoms with Crippen molar-refractivity contribution in [3.8, 4) is 6.19 Å². The van der Waals surface area contributed by atoms with Crippen LogP contribution in [0.2, 0.25) is 0 Å². The number of nitrogens with zero attached hydrogens (tertiary/aromatic N) is 1. The van der Waals surface area contributed by atoms with Gasteiger partial charge >= 0.3 is 0 Å². The second-order valence-electron chi connectivity index (χ2n) is 1.39. The molecule has 0 saturated heterocycles. The standard InChI is InChI=1S/C5H11N3/c1-2-7-3-4-8-5-6/h7-8H,2-4H2,1H3. The van der Waals surface area contributed by atoms with E-state index >= 15 is 0 Å². The molecule has 0 aliphatic heterocycles. The molecule has 3 heteroatoms. The quantitative estimate of drug-likeness (QED) is 0.298. The molecule has 0 atom stereocenters. The molecule has 8 heavy (non-hydrogen) atoms. The Labute approximate surface area is 49.7 Å². The van der Waals surface area contributed by atoms with Crippen molar-refractivity contribution in [3.05, 3.63) is 0 Å². The lowest BCUT2D eigenvalue weighted by atomic mass is 10.6. The van der Waals surface area contributed by atoms with Crippen LogP contribution in [-0.4, -0.2) is 19.6 Å². The van der Waals surface area contributed by atoms with E-state index in [1.807, 2.05) is 13.1 Å². The van der Waals surface area contributed by atoms with Gasteiger partial charge in [0, 0.05) is 13.1 Å². The van der Waals surface area contributed by atoms with Gasteiger partial charge in [-0.2, -0.15) is 5.26 Å². The van der Waals surface area contributed by atoms with E-state index in [1.54, 1.807) is 0 Å². The first-order valence-electron chi connectivity index (χ1n) is 2.74. The summed E-state index contributed by atoms with van der Waals surface area (Å²) < 4.78 is 0. The lowest BCUT2D eigenvalue weighted by molar-refractivity contribution is 0.691. The second kappa shape index (κ2) is 6.25. The van der Waals surface area contributed by atoms with Crippen molar-refractivity contribution in [1.82, 2.24) is 10.6 Å². The summed E-state index contributed by atoms with van der Waals surface area (Å²) in [5.74, 6) is 0. The summed E-state index contributed by atoms with van der Waals surface area (Å²) in [6.45, 7) is 4.59. The zero-order chi connectivity index (χ0) is 6.24. The summed E-state index contributed by atoms with van der Waals surface area (Å²) in [5, 5.41) is 13.6. The number of nitriles is 1. The van der Waals surface area contributed by atoms with Crippen molar-refractivity contribution < 1.29 is 0 Å². The number of likely N-dealkylation sites (N-methyl/N-ethyl adjacent to an activating group) is 1. The fourth-order valence-corrected chi connectivity index (χ4v) is 0.384. The van der Waals surface area contributed by atoms with Crippen LogP contribution in [0, 0.1) is 11.5 Å². The van der Waals surface area contributed by atoms with Gasteiger partial charge in [-0.25, -0.2) is 0 Å². The summed E-state index contributed by atoms with van der Waals surface area (Å²) in [4.78, 5) is 0. The Morgan fingerprint density at radius 2 is 2.25 bits per heavy atom. The fraction of sp³-hybridized carbons (Fsp3) is 0.800. The lowest BCUT2D eigenvalue weighted by Gasteiger charge is -1.96. The molecule has 0 amide bonds. The van der Waals surface area contributed by atoms with Crippen LogP contribution in [0.1, 0.15) is 6.92 Å². The smallest absolute Gasteiger partial charge is 0.176 e. The molecule has 0 saturated carbocycles. The Morgan fingerprint density at radius 3 is 2.75 bits per heavy atom. The highest BCUT2D eigenvalue weighted by Gasteiger charge is 1.78. The molecule has 2 N–H and O–H groups in total. The predicted molar refractivity (Wildman–Crippen MR) is 32.2 cm³/mol. The molecule has 0 aliphatic rings. The lowest BCUT2D eigenvalue weighted by Crippen LogP contribution is -2.23. The van der Waals surface area contributed by atoms with Crippen LogP contribution >= 0.6 is 0 Å². The maximum absolute atomic E-state index is 7.98. The topological polar surface area (TPSA) is 47.8 Å². The third kappa shape index (κ3) is 5.25. The Balaban J connectivity index is 2.65. The van der Waals surface area contributed by atoms with Gasteiger partial charge in [0.05, 0.1) is 0 Å². The normalized spacial score (nSPS) is 8.00. The van der Waals surface area contributed by atoms with Crippen LogP contribution in [0.3, 0.4) is 0 Å². The Kier molecular flexibility index (Phi) is 5.66. The van der Waals surface area contributed by atoms with Crippen molar-refractivity contribution in [2.75, 3.05) is 19.6 Å². The van der Waals surface area contributed by atoms with Gasteiger partial charge in [0.2, 0.25) is 0 Å². The summed E-state index contributed by atoms with van der Waals surface area (Å²) in [6, 6.07) is 0. The molecule has 46 valence electrons. The van der Waals surface area contributed by atoms with Gasteiger partial charge in [0.25, 0.3) is 0 Å². The van der Waals surface area contributed by atoms with E-state index in [2.05, 4.69) is 10.6 Å². The number of nitrogens with one attached hydrogen (secondary N) is 2. The zero-order valence-corrected chi connectivity index (χ0v) is 5.07. The van der Waals surface area contributed by atoms with Crippen LogP contribution in [-0.2, 0) is 0 Å². The van der Waals surface area contributed by atoms with Crippen LogP contribution in [0.5, 0.6) is 0 Å². The fourth-order valence-electron chi connectivity index (χ4n) is 0.384. The highest BCUT2D eigenvalue weighted by Crippen LogP contribution is 1.54. The predicted octanol–water partition coefficient (Wildman–Crippen LogP) is -0.333. The van der Waals surface area contributed by atoms with E-state index in [9.17, 15) is 0 Å². The van der Waals surface area contributed by atoms with Gasteiger partial charge in [-0.15, -0.1) is 0 Å². The second-order valence-corrected chi connectivity index (χ2v) is 1.39. The van der Waals surface area contributed by atoms with Crippen molar-refractivity contribution in [2.45, 2.75) is 6.92 Å². The third-order valence-electron chi connectivity index (χ3n) is 0.756. The average Bonchev–Trinajstić information content (AvgIpc) is 1.81. The van der Waals surface area contributed by atoms with Crippen LogP contribution < -0.4 is 10.6 Å². The molecule has 0 radical (unpaired) electrons. The van der Waals surface area contributed by atoms with E-state index < -0.39 is 0 Å². The summed E-state index contributed by atoms with van der Waals surface area (Å²) in [5.41, 5.74) is 0. The Bertz CT molecular complexity index is 74.2. The first-order valence-corrected chi connectivity index (χ1v) is 2.74. The molecule has 0 unspecified atom stereocenters. The highest BCUT2D eigenvalue weighted by atomic mass is 14.9. The van der Waals surface area contributed by atoms with E-state index in [4.69, 9.17) is 5.26 Å². The summed E-state index contributed by atoms with van der Waals surface area (Å²) >= 11 is 0. The minimum absolute atomic E-state index is 0.727. The minimum Gasteiger partial charge on any atom is -0.323 e. The molecule has 0 bridgehead atoms. The first-order chi connectivity index (χ1) is 3.91. The number of hydrogen-bond donors (Lipinski definition) is 2. The molecule has 3 nitrogen and oxygen atoms in total. The largest absolute Gasteiger partial charge is 0.323 e. The SMILES string of the molecule is CCNCCNC#N. The molecule has 0 aromatic rings. The maximum atomic E-state index is 7.98. The number of rotatable bonds is 4. The molecule has 0 fully saturated rings. The highest BCUT2D eigenvalue weighted by molar-refractivity contribution is 4.64. The Hall–Kier alpha value is -0.750.